The molecule has 1 aliphatic heterocycles. The smallest absolute Gasteiger partial charge is 0.255 e. The van der Waals surface area contributed by atoms with Gasteiger partial charge in [0.2, 0.25) is 5.91 Å². The van der Waals surface area contributed by atoms with E-state index in [1.54, 1.807) is 29.2 Å². The first-order valence-corrected chi connectivity index (χ1v) is 8.02. The van der Waals surface area contributed by atoms with Gasteiger partial charge in [-0.05, 0) is 25.0 Å². The predicted molar refractivity (Wildman–Crippen MR) is 87.9 cm³/mol. The Bertz CT molecular complexity index is 683. The Kier molecular flexibility index (Phi) is 6.17. The van der Waals surface area contributed by atoms with E-state index in [4.69, 9.17) is 22.1 Å². The fraction of sp³-hybridized carbons (Fsp3) is 0.412. The molecule has 7 heteroatoms. The first kappa shape index (κ1) is 17.8. The zero-order chi connectivity index (χ0) is 17.5. The van der Waals surface area contributed by atoms with Gasteiger partial charge in [0.25, 0.3) is 5.91 Å². The topological polar surface area (TPSA) is 88.2 Å². The van der Waals surface area contributed by atoms with Gasteiger partial charge < -0.3 is 9.80 Å². The Morgan fingerprint density at radius 3 is 2.29 bits per heavy atom. The highest BCUT2D eigenvalue weighted by Gasteiger charge is 2.30. The molecule has 2 amide bonds. The molecule has 124 valence electrons. The van der Waals surface area contributed by atoms with E-state index in [9.17, 15) is 9.59 Å². The van der Waals surface area contributed by atoms with Gasteiger partial charge in [-0.1, -0.05) is 23.7 Å². The van der Waals surface area contributed by atoms with Crippen molar-refractivity contribution in [2.45, 2.75) is 12.8 Å². The second-order valence-corrected chi connectivity index (χ2v) is 5.96. The molecule has 0 unspecified atom stereocenters. The number of amides is 2. The summed E-state index contributed by atoms with van der Waals surface area (Å²) in [5.74, 6) is -0.595. The lowest BCUT2D eigenvalue weighted by Crippen LogP contribution is -2.44. The Morgan fingerprint density at radius 2 is 1.75 bits per heavy atom. The summed E-state index contributed by atoms with van der Waals surface area (Å²) in [4.78, 5) is 27.8. The van der Waals surface area contributed by atoms with Crippen molar-refractivity contribution in [2.75, 3.05) is 26.2 Å². The molecule has 0 bridgehead atoms. The third kappa shape index (κ3) is 4.04. The number of likely N-dealkylation sites (tertiary alicyclic amines) is 1. The molecule has 0 radical (unpaired) electrons. The molecule has 24 heavy (non-hydrogen) atoms. The number of hydrogen-bond acceptors (Lipinski definition) is 4. The largest absolute Gasteiger partial charge is 0.339 e. The van der Waals surface area contributed by atoms with Gasteiger partial charge in [0.15, 0.2) is 0 Å². The second-order valence-electron chi connectivity index (χ2n) is 5.56. The maximum atomic E-state index is 12.5. The second kappa shape index (κ2) is 8.33. The number of rotatable bonds is 4. The first-order chi connectivity index (χ1) is 11.6. The van der Waals surface area contributed by atoms with E-state index in [-0.39, 0.29) is 30.8 Å². The van der Waals surface area contributed by atoms with E-state index in [2.05, 4.69) is 0 Å². The summed E-state index contributed by atoms with van der Waals surface area (Å²) in [6.07, 6.45) is 1.03. The molecule has 1 aromatic carbocycles. The summed E-state index contributed by atoms with van der Waals surface area (Å²) in [6, 6.07) is 10.7. The van der Waals surface area contributed by atoms with Crippen LogP contribution in [0.25, 0.3) is 0 Å². The third-order valence-corrected chi connectivity index (χ3v) is 4.40. The minimum atomic E-state index is -0.262. The van der Waals surface area contributed by atoms with Crippen LogP contribution in [0.1, 0.15) is 23.2 Å². The monoisotopic (exact) mass is 344 g/mol. The summed E-state index contributed by atoms with van der Waals surface area (Å²) in [5, 5.41) is 17.9. The van der Waals surface area contributed by atoms with Crippen LogP contribution in [0, 0.1) is 28.6 Å². The minimum Gasteiger partial charge on any atom is -0.339 e. The van der Waals surface area contributed by atoms with Crippen LogP contribution in [0.2, 0.25) is 5.02 Å². The van der Waals surface area contributed by atoms with Crippen molar-refractivity contribution in [3.8, 4) is 12.1 Å². The van der Waals surface area contributed by atoms with Gasteiger partial charge in [-0.15, -0.1) is 0 Å². The van der Waals surface area contributed by atoms with Crippen molar-refractivity contribution in [2.24, 2.45) is 5.92 Å². The number of halogens is 1. The average Bonchev–Trinajstić information content (AvgIpc) is 2.61. The Hall–Kier alpha value is -2.57. The van der Waals surface area contributed by atoms with Crippen LogP contribution in [0.3, 0.4) is 0 Å². The van der Waals surface area contributed by atoms with E-state index < -0.39 is 0 Å². The zero-order valence-electron chi connectivity index (χ0n) is 13.1. The van der Waals surface area contributed by atoms with Crippen molar-refractivity contribution in [1.82, 2.24) is 9.80 Å². The molecular weight excluding hydrogens is 328 g/mol. The molecule has 0 aliphatic carbocycles. The SMILES string of the molecule is N#CCN(CC#N)C(=O)C1CCN(C(=O)c2ccccc2Cl)CC1. The lowest BCUT2D eigenvalue weighted by molar-refractivity contribution is -0.135. The van der Waals surface area contributed by atoms with E-state index in [0.717, 1.165) is 0 Å². The normalized spacial score (nSPS) is 14.5. The highest BCUT2D eigenvalue weighted by Crippen LogP contribution is 2.23. The molecule has 1 heterocycles. The summed E-state index contributed by atoms with van der Waals surface area (Å²) >= 11 is 6.06. The first-order valence-electron chi connectivity index (χ1n) is 7.65. The lowest BCUT2D eigenvalue weighted by Gasteiger charge is -2.33. The van der Waals surface area contributed by atoms with E-state index in [1.165, 1.54) is 4.90 Å². The molecular formula is C17H17ClN4O2. The average molecular weight is 345 g/mol. The highest BCUT2D eigenvalue weighted by atomic mass is 35.5. The number of hydrogen-bond donors (Lipinski definition) is 0. The van der Waals surface area contributed by atoms with Gasteiger partial charge in [0, 0.05) is 19.0 Å². The minimum absolute atomic E-state index is 0.0921. The molecule has 1 aliphatic rings. The Labute approximate surface area is 145 Å². The van der Waals surface area contributed by atoms with Crippen molar-refractivity contribution in [1.29, 1.82) is 10.5 Å². The van der Waals surface area contributed by atoms with Crippen LogP contribution in [0.5, 0.6) is 0 Å². The van der Waals surface area contributed by atoms with Gasteiger partial charge in [-0.25, -0.2) is 0 Å². The van der Waals surface area contributed by atoms with E-state index in [1.807, 2.05) is 12.1 Å². The van der Waals surface area contributed by atoms with E-state index in [0.29, 0.717) is 36.5 Å². The van der Waals surface area contributed by atoms with Crippen molar-refractivity contribution < 1.29 is 9.59 Å². The number of carbonyl (C=O) groups excluding carboxylic acids is 2. The van der Waals surface area contributed by atoms with Crippen molar-refractivity contribution >= 4 is 23.4 Å². The summed E-state index contributed by atoms with van der Waals surface area (Å²) < 4.78 is 0. The number of nitrogens with zero attached hydrogens (tertiary/aromatic N) is 4. The van der Waals surface area contributed by atoms with Crippen LogP contribution in [-0.4, -0.2) is 47.8 Å². The maximum absolute atomic E-state index is 12.5. The third-order valence-electron chi connectivity index (χ3n) is 4.07. The lowest BCUT2D eigenvalue weighted by atomic mass is 9.94. The summed E-state index contributed by atoms with van der Waals surface area (Å²) in [7, 11) is 0. The molecule has 0 saturated carbocycles. The molecule has 6 nitrogen and oxygen atoms in total. The zero-order valence-corrected chi connectivity index (χ0v) is 13.9. The predicted octanol–water partition coefficient (Wildman–Crippen LogP) is 2.07. The van der Waals surface area contributed by atoms with E-state index >= 15 is 0 Å². The van der Waals surface area contributed by atoms with Gasteiger partial charge in [-0.3, -0.25) is 9.59 Å². The molecule has 0 atom stereocenters. The van der Waals surface area contributed by atoms with Gasteiger partial charge >= 0.3 is 0 Å². The van der Waals surface area contributed by atoms with Gasteiger partial charge in [0.05, 0.1) is 22.7 Å². The number of piperidine rings is 1. The Balaban J connectivity index is 1.97. The molecule has 0 aromatic heterocycles. The fourth-order valence-corrected chi connectivity index (χ4v) is 2.99. The highest BCUT2D eigenvalue weighted by molar-refractivity contribution is 6.33. The van der Waals surface area contributed by atoms with Crippen LogP contribution in [0.4, 0.5) is 0 Å². The standard InChI is InChI=1S/C17H17ClN4O2/c18-15-4-2-1-3-14(15)17(24)21-9-5-13(6-10-21)16(23)22(11-7-19)12-8-20/h1-4,13H,5-6,9-12H2. The maximum Gasteiger partial charge on any atom is 0.255 e. The molecule has 2 rings (SSSR count). The summed E-state index contributed by atoms with van der Waals surface area (Å²) in [6.45, 7) is 0.719. The Morgan fingerprint density at radius 1 is 1.17 bits per heavy atom. The van der Waals surface area contributed by atoms with Crippen molar-refractivity contribution in [3.63, 3.8) is 0 Å². The number of carbonyl (C=O) groups is 2. The molecule has 0 N–H and O–H groups in total. The quantitative estimate of drug-likeness (QED) is 0.782. The molecule has 1 fully saturated rings. The van der Waals surface area contributed by atoms with Crippen LogP contribution in [-0.2, 0) is 4.79 Å². The van der Waals surface area contributed by atoms with Crippen LogP contribution in [0.15, 0.2) is 24.3 Å². The molecule has 1 aromatic rings. The molecule has 0 spiro atoms. The van der Waals surface area contributed by atoms with Crippen LogP contribution < -0.4 is 0 Å². The van der Waals surface area contributed by atoms with Gasteiger partial charge in [-0.2, -0.15) is 10.5 Å². The number of nitriles is 2. The summed E-state index contributed by atoms with van der Waals surface area (Å²) in [5.41, 5.74) is 0.458. The number of benzene rings is 1. The van der Waals surface area contributed by atoms with Crippen LogP contribution >= 0.6 is 11.6 Å². The van der Waals surface area contributed by atoms with Gasteiger partial charge in [0.1, 0.15) is 13.1 Å². The fourth-order valence-electron chi connectivity index (χ4n) is 2.78. The molecule has 1 saturated heterocycles. The van der Waals surface area contributed by atoms with Crippen molar-refractivity contribution in [3.05, 3.63) is 34.9 Å².